The first-order chi connectivity index (χ1) is 14.5. The molecule has 188 valence electrons. The molecule has 0 aromatic heterocycles. The van der Waals surface area contributed by atoms with Crippen LogP contribution in [0.3, 0.4) is 0 Å². The topological polar surface area (TPSA) is 38.7 Å². The number of hydrogen-bond donors (Lipinski definition) is 1. The van der Waals surface area contributed by atoms with Crippen LogP contribution in [0, 0.1) is 11.8 Å². The van der Waals surface area contributed by atoms with E-state index in [0.717, 1.165) is 19.3 Å². The van der Waals surface area contributed by atoms with Crippen LogP contribution in [0.4, 0.5) is 0 Å². The molecule has 1 aliphatic rings. The molecule has 0 radical (unpaired) electrons. The summed E-state index contributed by atoms with van der Waals surface area (Å²) in [4.78, 5) is 0. The van der Waals surface area contributed by atoms with Gasteiger partial charge in [-0.05, 0) is 49.1 Å². The predicted molar refractivity (Wildman–Crippen MR) is 145 cm³/mol. The van der Waals surface area contributed by atoms with Gasteiger partial charge < -0.3 is 14.0 Å². The summed E-state index contributed by atoms with van der Waals surface area (Å²) in [5.41, 5.74) is 0. The third-order valence-electron chi connectivity index (χ3n) is 8.20. The van der Waals surface area contributed by atoms with Crippen molar-refractivity contribution in [3.05, 3.63) is 24.8 Å². The van der Waals surface area contributed by atoms with Crippen molar-refractivity contribution >= 4 is 16.6 Å². The van der Waals surface area contributed by atoms with Crippen LogP contribution in [0.1, 0.15) is 80.6 Å². The van der Waals surface area contributed by atoms with Crippen LogP contribution < -0.4 is 0 Å². The summed E-state index contributed by atoms with van der Waals surface area (Å²) in [6.07, 6.45) is 11.3. The summed E-state index contributed by atoms with van der Waals surface area (Å²) >= 11 is 0. The van der Waals surface area contributed by atoms with Gasteiger partial charge in [0.1, 0.15) is 0 Å². The van der Waals surface area contributed by atoms with E-state index in [-0.39, 0.29) is 40.2 Å². The molecule has 0 spiro atoms. The first-order valence-corrected chi connectivity index (χ1v) is 18.6. The Morgan fingerprint density at radius 3 is 1.78 bits per heavy atom. The van der Waals surface area contributed by atoms with Gasteiger partial charge in [0, 0.05) is 11.8 Å². The Kier molecular flexibility index (Phi) is 10.7. The molecule has 0 aliphatic heterocycles. The Hall–Kier alpha value is -0.206. The Morgan fingerprint density at radius 1 is 0.906 bits per heavy atom. The highest BCUT2D eigenvalue weighted by molar-refractivity contribution is 6.74. The first-order valence-electron chi connectivity index (χ1n) is 12.8. The molecule has 3 nitrogen and oxygen atoms in total. The molecule has 5 heteroatoms. The second-order valence-electron chi connectivity index (χ2n) is 12.9. The quantitative estimate of drug-likeness (QED) is 0.184. The van der Waals surface area contributed by atoms with Gasteiger partial charge in [-0.2, -0.15) is 0 Å². The number of aliphatic hydroxyl groups excluding tert-OH is 1. The standard InChI is InChI=1S/C27H54O3Si2/c1-13-15-16-17-21(28)18-19-23-22(14-2)24(29-31(9,10)26(3,4)5)20-25(23)30-32(11,12)27(6,7)8/h14,18-19,21-25,28H,2,13,15-17,20H2,1,3-12H3/b19-18-/t21?,22-,23+,24-,25+/m0/s1. The van der Waals surface area contributed by atoms with Crippen molar-refractivity contribution < 1.29 is 14.0 Å². The van der Waals surface area contributed by atoms with Crippen molar-refractivity contribution in [3.8, 4) is 0 Å². The number of aliphatic hydroxyl groups is 1. The monoisotopic (exact) mass is 482 g/mol. The first kappa shape index (κ1) is 29.8. The average molecular weight is 483 g/mol. The van der Waals surface area contributed by atoms with E-state index in [1.165, 1.54) is 12.8 Å². The zero-order valence-electron chi connectivity index (χ0n) is 23.1. The maximum atomic E-state index is 10.5. The fraction of sp³-hybridized carbons (Fsp3) is 0.852. The number of rotatable bonds is 11. The third kappa shape index (κ3) is 7.94. The molecule has 1 fully saturated rings. The zero-order valence-corrected chi connectivity index (χ0v) is 25.1. The van der Waals surface area contributed by atoms with Gasteiger partial charge in [0.15, 0.2) is 16.6 Å². The molecule has 0 aromatic rings. The Morgan fingerprint density at radius 2 is 1.38 bits per heavy atom. The number of hydrogen-bond acceptors (Lipinski definition) is 3. The van der Waals surface area contributed by atoms with E-state index in [2.05, 4.69) is 93.4 Å². The minimum atomic E-state index is -1.94. The van der Waals surface area contributed by atoms with E-state index in [0.29, 0.717) is 0 Å². The minimum absolute atomic E-state index is 0.104. The molecular weight excluding hydrogens is 428 g/mol. The molecular formula is C27H54O3Si2. The lowest BCUT2D eigenvalue weighted by Gasteiger charge is -2.40. The van der Waals surface area contributed by atoms with E-state index in [1.54, 1.807) is 0 Å². The largest absolute Gasteiger partial charge is 0.413 e. The SMILES string of the molecule is C=C[C@H]1[C@@H](/C=C\C(O)CCCCC)[C@H](O[Si](C)(C)C(C)(C)C)C[C@@H]1O[Si](C)(C)C(C)(C)C. The molecule has 0 bridgehead atoms. The smallest absolute Gasteiger partial charge is 0.192 e. The molecule has 0 heterocycles. The highest BCUT2D eigenvalue weighted by Gasteiger charge is 2.49. The zero-order chi connectivity index (χ0) is 25.0. The highest BCUT2D eigenvalue weighted by Crippen LogP contribution is 2.47. The van der Waals surface area contributed by atoms with E-state index >= 15 is 0 Å². The van der Waals surface area contributed by atoms with Crippen LogP contribution in [-0.4, -0.2) is 40.1 Å². The molecule has 0 saturated heterocycles. The van der Waals surface area contributed by atoms with Crippen LogP contribution in [0.2, 0.25) is 36.3 Å². The fourth-order valence-corrected chi connectivity index (χ4v) is 6.65. The van der Waals surface area contributed by atoms with E-state index < -0.39 is 16.6 Å². The summed E-state index contributed by atoms with van der Waals surface area (Å²) in [7, 11) is -3.85. The molecule has 1 N–H and O–H groups in total. The van der Waals surface area contributed by atoms with Crippen molar-refractivity contribution in [1.29, 1.82) is 0 Å². The lowest BCUT2D eigenvalue weighted by atomic mass is 9.92. The maximum Gasteiger partial charge on any atom is 0.192 e. The van der Waals surface area contributed by atoms with Crippen molar-refractivity contribution in [2.45, 2.75) is 135 Å². The summed E-state index contributed by atoms with van der Waals surface area (Å²) in [6, 6.07) is 0. The van der Waals surface area contributed by atoms with E-state index in [1.807, 2.05) is 6.08 Å². The fourth-order valence-electron chi connectivity index (χ4n) is 3.92. The Balaban J connectivity index is 3.17. The van der Waals surface area contributed by atoms with Crippen molar-refractivity contribution in [1.82, 2.24) is 0 Å². The predicted octanol–water partition coefficient (Wildman–Crippen LogP) is 8.09. The van der Waals surface area contributed by atoms with E-state index in [4.69, 9.17) is 8.85 Å². The summed E-state index contributed by atoms with van der Waals surface area (Å²) < 4.78 is 13.9. The molecule has 1 aliphatic carbocycles. The molecule has 1 unspecified atom stereocenters. The molecule has 1 rings (SSSR count). The normalized spacial score (nSPS) is 26.6. The third-order valence-corrected chi connectivity index (χ3v) is 17.2. The minimum Gasteiger partial charge on any atom is -0.413 e. The van der Waals surface area contributed by atoms with Gasteiger partial charge in [0.25, 0.3) is 0 Å². The lowest BCUT2D eigenvalue weighted by molar-refractivity contribution is 0.135. The summed E-state index contributed by atoms with van der Waals surface area (Å²) in [5, 5.41) is 10.9. The van der Waals surface area contributed by atoms with Crippen molar-refractivity contribution in [2.75, 3.05) is 0 Å². The molecule has 5 atom stereocenters. The lowest BCUT2D eigenvalue weighted by Crippen LogP contribution is -2.45. The molecule has 32 heavy (non-hydrogen) atoms. The Bertz CT molecular complexity index is 613. The van der Waals surface area contributed by atoms with Gasteiger partial charge in [-0.15, -0.1) is 6.58 Å². The Labute approximate surface area is 202 Å². The van der Waals surface area contributed by atoms with Crippen LogP contribution in [0.25, 0.3) is 0 Å². The van der Waals surface area contributed by atoms with Gasteiger partial charge in [-0.25, -0.2) is 0 Å². The second-order valence-corrected chi connectivity index (χ2v) is 22.4. The van der Waals surface area contributed by atoms with Gasteiger partial charge >= 0.3 is 0 Å². The van der Waals surface area contributed by atoms with Crippen LogP contribution in [0.5, 0.6) is 0 Å². The molecule has 0 amide bonds. The van der Waals surface area contributed by atoms with Crippen LogP contribution in [0.15, 0.2) is 24.8 Å². The van der Waals surface area contributed by atoms with Crippen LogP contribution >= 0.6 is 0 Å². The van der Waals surface area contributed by atoms with Crippen LogP contribution in [-0.2, 0) is 8.85 Å². The number of unbranched alkanes of at least 4 members (excludes halogenated alkanes) is 2. The van der Waals surface area contributed by atoms with Crippen molar-refractivity contribution in [2.24, 2.45) is 11.8 Å². The van der Waals surface area contributed by atoms with E-state index in [9.17, 15) is 5.11 Å². The maximum absolute atomic E-state index is 10.5. The molecule has 1 saturated carbocycles. The van der Waals surface area contributed by atoms with Crippen molar-refractivity contribution in [3.63, 3.8) is 0 Å². The van der Waals surface area contributed by atoms with Gasteiger partial charge in [-0.1, -0.05) is 86.0 Å². The second kappa shape index (κ2) is 11.5. The molecule has 0 aromatic carbocycles. The highest BCUT2D eigenvalue weighted by atomic mass is 28.4. The van der Waals surface area contributed by atoms with Gasteiger partial charge in [0.2, 0.25) is 0 Å². The average Bonchev–Trinajstić information content (AvgIpc) is 2.92. The summed E-state index contributed by atoms with van der Waals surface area (Å²) in [6.45, 7) is 29.5. The van der Waals surface area contributed by atoms with Gasteiger partial charge in [-0.3, -0.25) is 0 Å². The van der Waals surface area contributed by atoms with Gasteiger partial charge in [0.05, 0.1) is 18.3 Å². The summed E-state index contributed by atoms with van der Waals surface area (Å²) in [5.74, 6) is 0.398.